The number of rotatable bonds is 11. The first-order chi connectivity index (χ1) is 34.7. The van der Waals surface area contributed by atoms with Gasteiger partial charge in [-0.3, -0.25) is 48.6 Å². The van der Waals surface area contributed by atoms with Crippen LogP contribution in [0.4, 0.5) is 20.2 Å². The zero-order valence-electron chi connectivity index (χ0n) is 41.5. The number of imide groups is 1. The van der Waals surface area contributed by atoms with Crippen LogP contribution in [0.25, 0.3) is 22.3 Å². The van der Waals surface area contributed by atoms with Gasteiger partial charge in [0.05, 0.1) is 23.0 Å². The minimum absolute atomic E-state index is 0.00964. The summed E-state index contributed by atoms with van der Waals surface area (Å²) < 4.78 is 34.2. The third kappa shape index (κ3) is 8.51. The van der Waals surface area contributed by atoms with E-state index in [0.29, 0.717) is 67.4 Å². The van der Waals surface area contributed by atoms with E-state index in [4.69, 9.17) is 0 Å². The number of halogens is 2. The summed E-state index contributed by atoms with van der Waals surface area (Å²) in [5.41, 5.74) is 7.07. The second-order valence-corrected chi connectivity index (χ2v) is 20.9. The number of benzene rings is 2. The lowest BCUT2D eigenvalue weighted by Crippen LogP contribution is -2.54. The van der Waals surface area contributed by atoms with E-state index in [-0.39, 0.29) is 47.2 Å². The number of aryl methyl sites for hydroxylation is 2. The molecule has 1 spiro atoms. The molecule has 0 bridgehead atoms. The van der Waals surface area contributed by atoms with Crippen LogP contribution in [-0.4, -0.2) is 129 Å². The van der Waals surface area contributed by atoms with E-state index in [1.54, 1.807) is 24.2 Å². The lowest BCUT2D eigenvalue weighted by atomic mass is 9.92. The predicted molar refractivity (Wildman–Crippen MR) is 271 cm³/mol. The highest BCUT2D eigenvalue weighted by molar-refractivity contribution is 6.15. The average molecular weight is 981 g/mol. The molecular weight excluding hydrogens is 919 g/mol. The number of nitrogens with one attached hydrogen (secondary N) is 2. The van der Waals surface area contributed by atoms with Crippen molar-refractivity contribution in [1.29, 1.82) is 0 Å². The molecule has 3 aromatic heterocycles. The minimum Gasteiger partial charge on any atom is -0.386 e. The molecule has 15 nitrogen and oxygen atoms in total. The first-order valence-electron chi connectivity index (χ1n) is 25.5. The highest BCUT2D eigenvalue weighted by Crippen LogP contribution is 2.58. The van der Waals surface area contributed by atoms with Gasteiger partial charge in [-0.05, 0) is 111 Å². The molecule has 2 N–H and O–H groups in total. The van der Waals surface area contributed by atoms with Gasteiger partial charge in [-0.15, -0.1) is 0 Å². The maximum atomic E-state index is 16.1. The van der Waals surface area contributed by atoms with E-state index < -0.39 is 23.2 Å². The molecule has 5 aromatic rings. The molecule has 1 unspecified atom stereocenters. The van der Waals surface area contributed by atoms with Crippen molar-refractivity contribution in [3.63, 3.8) is 0 Å². The van der Waals surface area contributed by atoms with Crippen LogP contribution in [0.1, 0.15) is 96.2 Å². The number of nitrogens with zero attached hydrogens (tertiary/aromatic N) is 8. The smallest absolute Gasteiger partial charge is 0.257 e. The van der Waals surface area contributed by atoms with Crippen LogP contribution in [0.2, 0.25) is 0 Å². The molecule has 8 heterocycles. The lowest BCUT2D eigenvalue weighted by Gasteiger charge is -2.39. The van der Waals surface area contributed by atoms with Crippen molar-refractivity contribution in [3.05, 3.63) is 123 Å². The van der Waals surface area contributed by atoms with Crippen LogP contribution in [0.15, 0.2) is 71.8 Å². The van der Waals surface area contributed by atoms with E-state index in [2.05, 4.69) is 55.4 Å². The molecule has 3 saturated heterocycles. The highest BCUT2D eigenvalue weighted by atomic mass is 19.1. The fourth-order valence-electron chi connectivity index (χ4n) is 12.3. The predicted octanol–water partition coefficient (Wildman–Crippen LogP) is 6.06. The van der Waals surface area contributed by atoms with Crippen molar-refractivity contribution in [3.8, 4) is 5.69 Å². The molecule has 2 atom stereocenters. The topological polar surface area (TPSA) is 148 Å². The summed E-state index contributed by atoms with van der Waals surface area (Å²) in [4.78, 5) is 80.6. The van der Waals surface area contributed by atoms with E-state index in [0.717, 1.165) is 98.4 Å². The Kier molecular flexibility index (Phi) is 12.5. The summed E-state index contributed by atoms with van der Waals surface area (Å²) in [6.45, 7) is 12.1. The number of pyridine rings is 2. The summed E-state index contributed by atoms with van der Waals surface area (Å²) in [7, 11) is 3.51. The van der Waals surface area contributed by atoms with Crippen LogP contribution >= 0.6 is 0 Å². The quantitative estimate of drug-likeness (QED) is 0.150. The summed E-state index contributed by atoms with van der Waals surface area (Å²) in [5, 5.41) is 5.87. The molecule has 4 fully saturated rings. The van der Waals surface area contributed by atoms with Crippen LogP contribution in [-0.2, 0) is 33.4 Å². The number of hydrogen-bond acceptors (Lipinski definition) is 10. The number of carbonyl (C=O) groups is 4. The molecule has 376 valence electrons. The number of piperidine rings is 2. The molecule has 17 heteroatoms. The van der Waals surface area contributed by atoms with Crippen LogP contribution in [0.3, 0.4) is 0 Å². The number of piperazine rings is 1. The Labute approximate surface area is 417 Å². The van der Waals surface area contributed by atoms with Crippen molar-refractivity contribution >= 4 is 51.6 Å². The molecular formula is C55H62F2N10O5. The Morgan fingerprint density at radius 2 is 1.65 bits per heavy atom. The van der Waals surface area contributed by atoms with Gasteiger partial charge < -0.3 is 19.7 Å². The maximum absolute atomic E-state index is 16.1. The number of amides is 4. The third-order valence-electron chi connectivity index (χ3n) is 16.6. The zero-order chi connectivity index (χ0) is 50.2. The average Bonchev–Trinajstić information content (AvgIpc) is 4.07. The Hall–Kier alpha value is -6.56. The van der Waals surface area contributed by atoms with Crippen molar-refractivity contribution in [2.24, 2.45) is 13.0 Å². The summed E-state index contributed by atoms with van der Waals surface area (Å²) >= 11 is 0. The molecule has 2 aromatic carbocycles. The number of anilines is 2. The lowest BCUT2D eigenvalue weighted by molar-refractivity contribution is -0.135. The largest absolute Gasteiger partial charge is 0.386 e. The van der Waals surface area contributed by atoms with E-state index in [1.807, 2.05) is 41.6 Å². The number of aromatic nitrogens is 3. The molecule has 4 amide bonds. The van der Waals surface area contributed by atoms with E-state index >= 15 is 4.39 Å². The van der Waals surface area contributed by atoms with Gasteiger partial charge in [0.2, 0.25) is 17.7 Å². The summed E-state index contributed by atoms with van der Waals surface area (Å²) in [5.74, 6) is -1.25. The fourth-order valence-corrected chi connectivity index (χ4v) is 12.3. The van der Waals surface area contributed by atoms with Gasteiger partial charge in [-0.1, -0.05) is 18.2 Å². The van der Waals surface area contributed by atoms with Crippen molar-refractivity contribution < 1.29 is 28.0 Å². The molecule has 1 aliphatic carbocycles. The highest BCUT2D eigenvalue weighted by Gasteiger charge is 2.61. The number of likely N-dealkylation sites (tertiary alicyclic amines) is 1. The Bertz CT molecular complexity index is 3100. The van der Waals surface area contributed by atoms with Gasteiger partial charge in [0.1, 0.15) is 17.5 Å². The third-order valence-corrected chi connectivity index (χ3v) is 16.6. The summed E-state index contributed by atoms with van der Waals surface area (Å²) in [6.07, 6.45) is 9.49. The van der Waals surface area contributed by atoms with Gasteiger partial charge in [0, 0.05) is 132 Å². The summed E-state index contributed by atoms with van der Waals surface area (Å²) in [6, 6.07) is 13.8. The monoisotopic (exact) mass is 980 g/mol. The van der Waals surface area contributed by atoms with Crippen LogP contribution < -0.4 is 21.1 Å². The van der Waals surface area contributed by atoms with Gasteiger partial charge in [-0.2, -0.15) is 0 Å². The first-order valence-corrected chi connectivity index (χ1v) is 25.5. The Morgan fingerprint density at radius 1 is 0.889 bits per heavy atom. The zero-order valence-corrected chi connectivity index (χ0v) is 41.5. The molecule has 72 heavy (non-hydrogen) atoms. The Balaban J connectivity index is 0.665. The minimum atomic E-state index is -0.649. The molecule has 5 aliphatic heterocycles. The van der Waals surface area contributed by atoms with Gasteiger partial charge in [-0.25, -0.2) is 13.8 Å². The van der Waals surface area contributed by atoms with Crippen LogP contribution in [0.5, 0.6) is 0 Å². The van der Waals surface area contributed by atoms with E-state index in [9.17, 15) is 28.4 Å². The second-order valence-electron chi connectivity index (χ2n) is 20.9. The van der Waals surface area contributed by atoms with Gasteiger partial charge in [0.25, 0.3) is 11.5 Å². The van der Waals surface area contributed by atoms with Crippen LogP contribution in [0, 0.1) is 24.5 Å². The fraction of sp³-hybridized carbons (Fsp3) is 0.455. The number of hydrogen-bond donors (Lipinski definition) is 2. The number of carbonyl (C=O) groups excluding carboxylic acids is 4. The normalized spacial score (nSPS) is 21.3. The molecule has 1 saturated carbocycles. The SMILES string of the molecule is CNc1cc(=O)n(-c2ccnc3c2cc([C@H](C)N2CC=C(c4c(C)cc(C(=O)N5CCC(CN6CCN(Cc7ccc8c(c7)C7(CC7)C(=O)N8C7CCC(=O)NC7=O)CC6)CC5)cc4F)CC2)n3C)cc1F. The standard InChI is InChI=1S/C55H62F2N10O5/c1-33-25-38(27-41(56)50(33)37-12-19-64(20-13-37)34(2)47-28-39-44(9-16-59-51(39)61(47)4)66-32-42(57)43(58-3)29-49(66)69)53(71)65-17-10-35(11-18-65)30-62-21-23-63(24-22-62)31-36-5-6-45-40(26-36)55(14-15-55)54(72)67(45)46-7-8-48(68)60-52(46)70/h5-6,9,12,16,25-29,32,34-35,46,58H,7-8,10-11,13-15,17-24,30-31H2,1-4H3,(H,60,68,70)/t34-,46?/m0/s1. The van der Waals surface area contributed by atoms with E-state index in [1.165, 1.54) is 28.5 Å². The number of fused-ring (bicyclic) bond motifs is 3. The van der Waals surface area contributed by atoms with Crippen molar-refractivity contribution in [2.45, 2.75) is 82.8 Å². The molecule has 11 rings (SSSR count). The Morgan fingerprint density at radius 3 is 2.35 bits per heavy atom. The maximum Gasteiger partial charge on any atom is 0.257 e. The second kappa shape index (κ2) is 18.8. The van der Waals surface area contributed by atoms with Crippen molar-refractivity contribution in [2.75, 3.05) is 76.2 Å². The first kappa shape index (κ1) is 47.7. The molecule has 0 radical (unpaired) electrons. The van der Waals surface area contributed by atoms with Crippen molar-refractivity contribution in [1.82, 2.24) is 39.0 Å². The van der Waals surface area contributed by atoms with Gasteiger partial charge in [0.15, 0.2) is 5.82 Å². The van der Waals surface area contributed by atoms with Gasteiger partial charge >= 0.3 is 0 Å². The molecule has 6 aliphatic rings.